The van der Waals surface area contributed by atoms with Crippen LogP contribution in [0.5, 0.6) is 0 Å². The largest absolute Gasteiger partial charge is 0.0686 e. The first-order valence-electron chi connectivity index (χ1n) is 17.3. The van der Waals surface area contributed by atoms with Gasteiger partial charge in [-0.25, -0.2) is 0 Å². The molecule has 0 aliphatic carbocycles. The lowest BCUT2D eigenvalue weighted by Gasteiger charge is -2.41. The molecule has 0 radical (unpaired) electrons. The maximum absolute atomic E-state index is 2.55. The van der Waals surface area contributed by atoms with Crippen molar-refractivity contribution in [2.24, 2.45) is 40.9 Å². The van der Waals surface area contributed by atoms with Gasteiger partial charge in [-0.3, -0.25) is 0 Å². The number of hydrogen-bond acceptors (Lipinski definition) is 0. The smallest absolute Gasteiger partial charge is 0.0581 e. The van der Waals surface area contributed by atoms with Gasteiger partial charge in [-0.1, -0.05) is 211 Å². The van der Waals surface area contributed by atoms with Gasteiger partial charge in [0.2, 0.25) is 0 Å². The molecule has 0 saturated carbocycles. The second-order valence-electron chi connectivity index (χ2n) is 16.5. The summed E-state index contributed by atoms with van der Waals surface area (Å²) in [5, 5.41) is 0. The zero-order valence-electron chi connectivity index (χ0n) is 33.6. The average molecular weight is 595 g/mol. The molecule has 0 N–H and O–H groups in total. The Balaban J connectivity index is -0.000000134. The standard InChI is InChI=1S/C11H24.C10H24Si.C7H8.3C4H10/c2*1-8(2)11(7,9(3)4)10(5)6;1-7-5-3-2-4-6-7;3*1-4(2)3/h2*8-10H,1-7H3;2-6H,1H3;3*4H,1-3H3. The van der Waals surface area contributed by atoms with Crippen LogP contribution >= 0.6 is 0 Å². The van der Waals surface area contributed by atoms with Crippen LogP contribution in [-0.4, -0.2) is 8.07 Å². The van der Waals surface area contributed by atoms with E-state index in [-0.39, 0.29) is 0 Å². The Morgan fingerprint density at radius 1 is 0.439 bits per heavy atom. The van der Waals surface area contributed by atoms with Gasteiger partial charge < -0.3 is 0 Å². The fraction of sp³-hybridized carbons (Fsp3) is 0.850. The summed E-state index contributed by atoms with van der Waals surface area (Å²) < 4.78 is 0. The second-order valence-corrected chi connectivity index (χ2v) is 22.7. The summed E-state index contributed by atoms with van der Waals surface area (Å²) in [5.41, 5.74) is 4.58. The Kier molecular flexibility index (Phi) is 33.0. The summed E-state index contributed by atoms with van der Waals surface area (Å²) in [5.74, 6) is 4.84. The molecule has 0 fully saturated rings. The third-order valence-corrected chi connectivity index (χ3v) is 15.9. The normalized spacial score (nSPS) is 11.4. The van der Waals surface area contributed by atoms with Crippen molar-refractivity contribution in [3.05, 3.63) is 35.9 Å². The highest BCUT2D eigenvalue weighted by Gasteiger charge is 2.37. The molecule has 0 saturated heterocycles. The molecule has 0 heterocycles. The molecule has 0 aliphatic rings. The molecule has 0 atom stereocenters. The summed E-state index contributed by atoms with van der Waals surface area (Å²) in [6.45, 7) is 54.9. The van der Waals surface area contributed by atoms with Crippen molar-refractivity contribution in [3.63, 3.8) is 0 Å². The molecule has 0 spiro atoms. The molecule has 0 aromatic heterocycles. The first-order chi connectivity index (χ1) is 18.3. The number of benzene rings is 1. The van der Waals surface area contributed by atoms with E-state index in [0.717, 1.165) is 52.1 Å². The lowest BCUT2D eigenvalue weighted by molar-refractivity contribution is 0.0732. The van der Waals surface area contributed by atoms with Gasteiger partial charge in [-0.05, 0) is 47.8 Å². The van der Waals surface area contributed by atoms with Gasteiger partial charge >= 0.3 is 0 Å². The predicted octanol–water partition coefficient (Wildman–Crippen LogP) is 15.2. The fourth-order valence-electron chi connectivity index (χ4n) is 4.53. The van der Waals surface area contributed by atoms with Gasteiger partial charge in [-0.2, -0.15) is 0 Å². The summed E-state index contributed by atoms with van der Waals surface area (Å²) in [7, 11) is -0.981. The van der Waals surface area contributed by atoms with Crippen LogP contribution in [0.2, 0.25) is 23.2 Å². The minimum Gasteiger partial charge on any atom is -0.0686 e. The topological polar surface area (TPSA) is 0 Å². The van der Waals surface area contributed by atoms with E-state index in [9.17, 15) is 0 Å². The maximum atomic E-state index is 2.55. The Bertz CT molecular complexity index is 536. The van der Waals surface area contributed by atoms with E-state index in [1.165, 1.54) is 5.56 Å². The fourth-order valence-corrected chi connectivity index (χ4v) is 8.53. The minimum atomic E-state index is -0.981. The van der Waals surface area contributed by atoms with Crippen LogP contribution in [0.3, 0.4) is 0 Å². The number of rotatable bonds is 6. The van der Waals surface area contributed by atoms with Crippen molar-refractivity contribution in [2.45, 2.75) is 182 Å². The summed E-state index contributed by atoms with van der Waals surface area (Å²) in [4.78, 5) is 0. The van der Waals surface area contributed by atoms with Crippen LogP contribution in [0.15, 0.2) is 30.3 Å². The summed E-state index contributed by atoms with van der Waals surface area (Å²) in [6.07, 6.45) is 0. The highest BCUT2D eigenvalue weighted by atomic mass is 28.3. The molecule has 0 aliphatic heterocycles. The molecule has 1 rings (SSSR count). The van der Waals surface area contributed by atoms with Gasteiger partial charge in [0, 0.05) is 0 Å². The summed E-state index contributed by atoms with van der Waals surface area (Å²) >= 11 is 0. The number of hydrogen-bond donors (Lipinski definition) is 0. The van der Waals surface area contributed by atoms with Crippen LogP contribution in [0.1, 0.15) is 158 Å². The molecule has 0 amide bonds. The third kappa shape index (κ3) is 29.3. The van der Waals surface area contributed by atoms with Crippen LogP contribution in [-0.2, 0) is 0 Å². The van der Waals surface area contributed by atoms with Crippen molar-refractivity contribution in [3.8, 4) is 0 Å². The van der Waals surface area contributed by atoms with E-state index in [1.807, 2.05) is 18.2 Å². The molecule has 0 bridgehead atoms. The van der Waals surface area contributed by atoms with Crippen molar-refractivity contribution < 1.29 is 0 Å². The van der Waals surface area contributed by atoms with Gasteiger partial charge in [0.05, 0.1) is 8.07 Å². The Morgan fingerprint density at radius 2 is 0.634 bits per heavy atom. The third-order valence-electron chi connectivity index (χ3n) is 8.40. The van der Waals surface area contributed by atoms with Crippen molar-refractivity contribution >= 4 is 8.07 Å². The van der Waals surface area contributed by atoms with E-state index in [1.54, 1.807) is 0 Å². The molecule has 41 heavy (non-hydrogen) atoms. The van der Waals surface area contributed by atoms with E-state index in [4.69, 9.17) is 0 Å². The van der Waals surface area contributed by atoms with Crippen LogP contribution in [0, 0.1) is 47.8 Å². The van der Waals surface area contributed by atoms with E-state index < -0.39 is 8.07 Å². The molecular weight excluding hydrogens is 509 g/mol. The lowest BCUT2D eigenvalue weighted by Crippen LogP contribution is -2.40. The van der Waals surface area contributed by atoms with Crippen LogP contribution < -0.4 is 0 Å². The Morgan fingerprint density at radius 3 is 0.683 bits per heavy atom. The van der Waals surface area contributed by atoms with Crippen LogP contribution in [0.4, 0.5) is 0 Å². The molecule has 250 valence electrons. The van der Waals surface area contributed by atoms with Gasteiger partial charge in [0.15, 0.2) is 0 Å². The van der Waals surface area contributed by atoms with Crippen molar-refractivity contribution in [2.75, 3.05) is 0 Å². The predicted molar refractivity (Wildman–Crippen MR) is 202 cm³/mol. The van der Waals surface area contributed by atoms with Gasteiger partial charge in [0.1, 0.15) is 0 Å². The molecule has 1 heteroatoms. The number of aryl methyl sites for hydroxylation is 1. The van der Waals surface area contributed by atoms with Crippen molar-refractivity contribution in [1.82, 2.24) is 0 Å². The zero-order chi connectivity index (χ0) is 34.3. The highest BCUT2D eigenvalue weighted by molar-refractivity contribution is 6.82. The Hall–Kier alpha value is -0.563. The van der Waals surface area contributed by atoms with E-state index >= 15 is 0 Å². The maximum Gasteiger partial charge on any atom is 0.0581 e. The SMILES string of the molecule is CC(C)C.CC(C)C.CC(C)C.CC(C)C(C)(C(C)C)C(C)C.CC(C)[Si](C)(C(C)C)C(C)C.Cc1ccccc1. The molecule has 1 aromatic rings. The molecule has 1 aromatic carbocycles. The highest BCUT2D eigenvalue weighted by Crippen LogP contribution is 2.42. The minimum absolute atomic E-state index is 0.500. The zero-order valence-corrected chi connectivity index (χ0v) is 34.6. The lowest BCUT2D eigenvalue weighted by atomic mass is 9.64. The van der Waals surface area contributed by atoms with E-state index in [0.29, 0.717) is 5.41 Å². The Labute approximate surface area is 266 Å². The summed E-state index contributed by atoms with van der Waals surface area (Å²) in [6, 6.07) is 10.3. The average Bonchev–Trinajstić information content (AvgIpc) is 2.77. The van der Waals surface area contributed by atoms with E-state index in [2.05, 4.69) is 178 Å². The first kappa shape index (κ1) is 50.1. The second kappa shape index (κ2) is 27.0. The van der Waals surface area contributed by atoms with Gasteiger partial charge in [0.25, 0.3) is 0 Å². The first-order valence-corrected chi connectivity index (χ1v) is 20.0. The van der Waals surface area contributed by atoms with Crippen molar-refractivity contribution in [1.29, 1.82) is 0 Å². The monoisotopic (exact) mass is 595 g/mol. The molecule has 0 nitrogen and oxygen atoms in total. The molecular formula is C40H86Si. The quantitative estimate of drug-likeness (QED) is 0.287. The van der Waals surface area contributed by atoms with Gasteiger partial charge in [-0.15, -0.1) is 0 Å². The van der Waals surface area contributed by atoms with Crippen LogP contribution in [0.25, 0.3) is 0 Å². The molecule has 0 unspecified atom stereocenters.